The number of aliphatic hydroxyl groups is 1. The standard InChI is InChI=1S/C22H20BrClFNO2/c23-18-7-9-22(28-14-16-6-8-19(25)11-20(16)24)17(10-18)12-26-13-21(27)15-4-2-1-3-5-15/h1-11,21,26-27H,12-14H2/t21-/m0/s1. The molecule has 1 atom stereocenters. The zero-order valence-electron chi connectivity index (χ0n) is 15.0. The van der Waals surface area contributed by atoms with Gasteiger partial charge in [-0.2, -0.15) is 0 Å². The van der Waals surface area contributed by atoms with Crippen LogP contribution in [0.1, 0.15) is 22.8 Å². The molecule has 0 spiro atoms. The van der Waals surface area contributed by atoms with Crippen molar-refractivity contribution in [3.05, 3.63) is 98.7 Å². The third-order valence-corrected chi connectivity index (χ3v) is 5.10. The molecule has 0 radical (unpaired) electrons. The molecule has 0 aromatic heterocycles. The molecule has 3 rings (SSSR count). The number of nitrogens with one attached hydrogen (secondary N) is 1. The van der Waals surface area contributed by atoms with Crippen LogP contribution in [0.4, 0.5) is 4.39 Å². The SMILES string of the molecule is O[C@@H](CNCc1cc(Br)ccc1OCc1ccc(F)cc1Cl)c1ccccc1. The zero-order valence-corrected chi connectivity index (χ0v) is 17.4. The van der Waals surface area contributed by atoms with E-state index in [9.17, 15) is 9.50 Å². The fourth-order valence-electron chi connectivity index (χ4n) is 2.76. The first-order valence-electron chi connectivity index (χ1n) is 8.82. The maximum absolute atomic E-state index is 13.2. The van der Waals surface area contributed by atoms with E-state index in [4.69, 9.17) is 16.3 Å². The van der Waals surface area contributed by atoms with Gasteiger partial charge in [-0.25, -0.2) is 4.39 Å². The smallest absolute Gasteiger partial charge is 0.124 e. The van der Waals surface area contributed by atoms with Crippen molar-refractivity contribution in [3.8, 4) is 5.75 Å². The van der Waals surface area contributed by atoms with Gasteiger partial charge in [-0.15, -0.1) is 0 Å². The molecule has 0 saturated heterocycles. The highest BCUT2D eigenvalue weighted by molar-refractivity contribution is 9.10. The van der Waals surface area contributed by atoms with Crippen molar-refractivity contribution in [3.63, 3.8) is 0 Å². The Bertz CT molecular complexity index is 924. The summed E-state index contributed by atoms with van der Waals surface area (Å²) in [6.07, 6.45) is -0.587. The average molecular weight is 465 g/mol. The fraction of sp³-hybridized carbons (Fsp3) is 0.182. The van der Waals surface area contributed by atoms with Gasteiger partial charge in [-0.1, -0.05) is 63.9 Å². The van der Waals surface area contributed by atoms with E-state index in [2.05, 4.69) is 21.2 Å². The summed E-state index contributed by atoms with van der Waals surface area (Å²) in [6.45, 7) is 1.18. The van der Waals surface area contributed by atoms with E-state index in [0.717, 1.165) is 15.6 Å². The van der Waals surface area contributed by atoms with E-state index in [0.29, 0.717) is 29.4 Å². The highest BCUT2D eigenvalue weighted by Crippen LogP contribution is 2.26. The van der Waals surface area contributed by atoms with Gasteiger partial charge in [0.15, 0.2) is 0 Å². The third-order valence-electron chi connectivity index (χ3n) is 4.26. The van der Waals surface area contributed by atoms with Gasteiger partial charge < -0.3 is 15.2 Å². The van der Waals surface area contributed by atoms with Gasteiger partial charge in [0.25, 0.3) is 0 Å². The molecule has 0 saturated carbocycles. The van der Waals surface area contributed by atoms with Crippen LogP contribution in [-0.4, -0.2) is 11.7 Å². The minimum absolute atomic E-state index is 0.236. The zero-order chi connectivity index (χ0) is 19.9. The predicted molar refractivity (Wildman–Crippen MR) is 113 cm³/mol. The molecule has 0 bridgehead atoms. The van der Waals surface area contributed by atoms with Crippen molar-refractivity contribution >= 4 is 27.5 Å². The average Bonchev–Trinajstić information content (AvgIpc) is 2.69. The second-order valence-electron chi connectivity index (χ2n) is 6.33. The van der Waals surface area contributed by atoms with Crippen LogP contribution < -0.4 is 10.1 Å². The molecule has 0 unspecified atom stereocenters. The lowest BCUT2D eigenvalue weighted by Gasteiger charge is -2.15. The molecule has 3 aromatic rings. The van der Waals surface area contributed by atoms with E-state index in [1.165, 1.54) is 12.1 Å². The number of halogens is 3. The second-order valence-corrected chi connectivity index (χ2v) is 7.66. The summed E-state index contributed by atoms with van der Waals surface area (Å²) in [5.74, 6) is 0.324. The van der Waals surface area contributed by atoms with Crippen LogP contribution in [0.15, 0.2) is 71.2 Å². The van der Waals surface area contributed by atoms with Crippen LogP contribution >= 0.6 is 27.5 Å². The maximum atomic E-state index is 13.2. The van der Waals surface area contributed by atoms with Crippen molar-refractivity contribution in [1.82, 2.24) is 5.32 Å². The number of hydrogen-bond acceptors (Lipinski definition) is 3. The van der Waals surface area contributed by atoms with Gasteiger partial charge >= 0.3 is 0 Å². The van der Waals surface area contributed by atoms with Gasteiger partial charge in [-0.05, 0) is 35.9 Å². The maximum Gasteiger partial charge on any atom is 0.124 e. The highest BCUT2D eigenvalue weighted by Gasteiger charge is 2.10. The normalized spacial score (nSPS) is 12.0. The van der Waals surface area contributed by atoms with E-state index < -0.39 is 6.10 Å². The molecule has 146 valence electrons. The van der Waals surface area contributed by atoms with Crippen LogP contribution in [0.2, 0.25) is 5.02 Å². The molecule has 0 fully saturated rings. The van der Waals surface area contributed by atoms with Gasteiger partial charge in [-0.3, -0.25) is 0 Å². The number of rotatable bonds is 8. The molecule has 3 nitrogen and oxygen atoms in total. The van der Waals surface area contributed by atoms with Gasteiger partial charge in [0.1, 0.15) is 18.2 Å². The largest absolute Gasteiger partial charge is 0.489 e. The Hall–Kier alpha value is -1.92. The summed E-state index contributed by atoms with van der Waals surface area (Å²) >= 11 is 9.54. The number of hydrogen-bond donors (Lipinski definition) is 2. The topological polar surface area (TPSA) is 41.5 Å². The molecule has 28 heavy (non-hydrogen) atoms. The van der Waals surface area contributed by atoms with E-state index >= 15 is 0 Å². The number of benzene rings is 3. The van der Waals surface area contributed by atoms with Crippen molar-refractivity contribution in [2.45, 2.75) is 19.3 Å². The molecule has 3 aromatic carbocycles. The summed E-state index contributed by atoms with van der Waals surface area (Å²) < 4.78 is 20.0. The van der Waals surface area contributed by atoms with Gasteiger partial charge in [0.2, 0.25) is 0 Å². The first-order chi connectivity index (χ1) is 13.5. The Morgan fingerprint density at radius 2 is 1.82 bits per heavy atom. The molecule has 0 aliphatic heterocycles. The minimum atomic E-state index is -0.587. The number of ether oxygens (including phenoxy) is 1. The van der Waals surface area contributed by atoms with Crippen molar-refractivity contribution in [2.24, 2.45) is 0 Å². The summed E-state index contributed by atoms with van der Waals surface area (Å²) in [4.78, 5) is 0. The van der Waals surface area contributed by atoms with Gasteiger partial charge in [0.05, 0.1) is 11.1 Å². The summed E-state index contributed by atoms with van der Waals surface area (Å²) in [6, 6.07) is 19.5. The fourth-order valence-corrected chi connectivity index (χ4v) is 3.39. The monoisotopic (exact) mass is 463 g/mol. The van der Waals surface area contributed by atoms with Crippen LogP contribution in [0.25, 0.3) is 0 Å². The van der Waals surface area contributed by atoms with Crippen molar-refractivity contribution in [1.29, 1.82) is 0 Å². The third kappa shape index (κ3) is 5.79. The lowest BCUT2D eigenvalue weighted by molar-refractivity contribution is 0.174. The molecule has 2 N–H and O–H groups in total. The first-order valence-corrected chi connectivity index (χ1v) is 9.99. The molecule has 0 heterocycles. The van der Waals surface area contributed by atoms with Crippen LogP contribution in [0.3, 0.4) is 0 Å². The van der Waals surface area contributed by atoms with Crippen LogP contribution in [0.5, 0.6) is 5.75 Å². The molecule has 6 heteroatoms. The predicted octanol–water partition coefficient (Wildman–Crippen LogP) is 5.64. The summed E-state index contributed by atoms with van der Waals surface area (Å²) in [7, 11) is 0. The Morgan fingerprint density at radius 3 is 2.57 bits per heavy atom. The Kier molecular flexibility index (Phi) is 7.45. The van der Waals surface area contributed by atoms with E-state index in [1.807, 2.05) is 48.5 Å². The lowest BCUT2D eigenvalue weighted by atomic mass is 10.1. The lowest BCUT2D eigenvalue weighted by Crippen LogP contribution is -2.21. The minimum Gasteiger partial charge on any atom is -0.489 e. The van der Waals surface area contributed by atoms with Crippen molar-refractivity contribution in [2.75, 3.05) is 6.54 Å². The van der Waals surface area contributed by atoms with E-state index in [-0.39, 0.29) is 12.4 Å². The van der Waals surface area contributed by atoms with Crippen LogP contribution in [-0.2, 0) is 13.2 Å². The molecule has 0 amide bonds. The highest BCUT2D eigenvalue weighted by atomic mass is 79.9. The van der Waals surface area contributed by atoms with Gasteiger partial charge in [0, 0.05) is 28.7 Å². The Labute approximate surface area is 177 Å². The van der Waals surface area contributed by atoms with E-state index in [1.54, 1.807) is 6.07 Å². The molecular weight excluding hydrogens is 445 g/mol. The number of aliphatic hydroxyl groups excluding tert-OH is 1. The summed E-state index contributed by atoms with van der Waals surface area (Å²) in [5, 5.41) is 13.9. The molecular formula is C22H20BrClFNO2. The quantitative estimate of drug-likeness (QED) is 0.453. The molecule has 0 aliphatic rings. The Morgan fingerprint density at radius 1 is 1.04 bits per heavy atom. The van der Waals surface area contributed by atoms with Crippen LogP contribution in [0, 0.1) is 5.82 Å². The molecule has 0 aliphatic carbocycles. The van der Waals surface area contributed by atoms with Crippen molar-refractivity contribution < 1.29 is 14.2 Å². The second kappa shape index (κ2) is 10.0. The first kappa shape index (κ1) is 20.8. The summed E-state index contributed by atoms with van der Waals surface area (Å²) in [5.41, 5.74) is 2.52. The Balaban J connectivity index is 1.62.